The second kappa shape index (κ2) is 3.96. The van der Waals surface area contributed by atoms with E-state index in [0.717, 1.165) is 11.1 Å². The van der Waals surface area contributed by atoms with Gasteiger partial charge in [0.25, 0.3) is 0 Å². The third-order valence-electron chi connectivity index (χ3n) is 2.39. The molecular weight excluding hydrogens is 181 g/mol. The monoisotopic (exact) mass is 197 g/mol. The Balaban J connectivity index is 3.42. The molecular formula is C11H16FNO. The SMILES string of the molecule is COc1c(C)c(C(C)N)cc(C)c1F. The van der Waals surface area contributed by atoms with Gasteiger partial charge in [-0.3, -0.25) is 0 Å². The lowest BCUT2D eigenvalue weighted by Gasteiger charge is -2.15. The molecule has 1 atom stereocenters. The highest BCUT2D eigenvalue weighted by atomic mass is 19.1. The molecule has 0 spiro atoms. The van der Waals surface area contributed by atoms with Crippen LogP contribution in [0.15, 0.2) is 6.07 Å². The number of hydrogen-bond donors (Lipinski definition) is 1. The van der Waals surface area contributed by atoms with Crippen LogP contribution in [0.3, 0.4) is 0 Å². The third-order valence-corrected chi connectivity index (χ3v) is 2.39. The van der Waals surface area contributed by atoms with E-state index in [4.69, 9.17) is 10.5 Å². The minimum Gasteiger partial charge on any atom is -0.493 e. The molecule has 0 amide bonds. The number of aryl methyl sites for hydroxylation is 1. The lowest BCUT2D eigenvalue weighted by Crippen LogP contribution is -2.09. The molecule has 0 saturated carbocycles. The second-order valence-corrected chi connectivity index (χ2v) is 3.54. The first-order chi connectivity index (χ1) is 6.49. The van der Waals surface area contributed by atoms with Crippen molar-refractivity contribution in [2.75, 3.05) is 7.11 Å². The van der Waals surface area contributed by atoms with Crippen molar-refractivity contribution in [2.45, 2.75) is 26.8 Å². The van der Waals surface area contributed by atoms with Gasteiger partial charge in [0, 0.05) is 6.04 Å². The minimum atomic E-state index is -0.297. The van der Waals surface area contributed by atoms with Gasteiger partial charge in [-0.25, -0.2) is 4.39 Å². The lowest BCUT2D eigenvalue weighted by molar-refractivity contribution is 0.380. The summed E-state index contributed by atoms with van der Waals surface area (Å²) in [5, 5.41) is 0. The highest BCUT2D eigenvalue weighted by Gasteiger charge is 2.15. The van der Waals surface area contributed by atoms with E-state index in [9.17, 15) is 4.39 Å². The number of halogens is 1. The van der Waals surface area contributed by atoms with E-state index in [0.29, 0.717) is 11.3 Å². The van der Waals surface area contributed by atoms with Crippen LogP contribution in [0.5, 0.6) is 5.75 Å². The summed E-state index contributed by atoms with van der Waals surface area (Å²) in [6, 6.07) is 1.67. The Morgan fingerprint density at radius 3 is 2.43 bits per heavy atom. The first-order valence-electron chi connectivity index (χ1n) is 4.58. The van der Waals surface area contributed by atoms with E-state index < -0.39 is 0 Å². The predicted molar refractivity (Wildman–Crippen MR) is 55.0 cm³/mol. The Bertz CT molecular complexity index is 348. The van der Waals surface area contributed by atoms with E-state index in [1.54, 1.807) is 13.0 Å². The Hall–Kier alpha value is -1.09. The molecule has 0 aliphatic heterocycles. The molecule has 0 aliphatic carbocycles. The van der Waals surface area contributed by atoms with Crippen LogP contribution in [0.1, 0.15) is 29.7 Å². The van der Waals surface area contributed by atoms with Crippen molar-refractivity contribution < 1.29 is 9.13 Å². The van der Waals surface area contributed by atoms with Crippen molar-refractivity contribution in [3.63, 3.8) is 0 Å². The molecule has 2 N–H and O–H groups in total. The zero-order valence-electron chi connectivity index (χ0n) is 9.02. The summed E-state index contributed by atoms with van der Waals surface area (Å²) in [6.45, 7) is 5.41. The summed E-state index contributed by atoms with van der Waals surface area (Å²) < 4.78 is 18.6. The topological polar surface area (TPSA) is 35.2 Å². The molecule has 1 aromatic rings. The smallest absolute Gasteiger partial charge is 0.168 e. The molecule has 0 bridgehead atoms. The summed E-state index contributed by atoms with van der Waals surface area (Å²) in [5.41, 5.74) is 8.06. The molecule has 0 radical (unpaired) electrons. The maximum absolute atomic E-state index is 13.5. The van der Waals surface area contributed by atoms with Gasteiger partial charge in [0.05, 0.1) is 7.11 Å². The first kappa shape index (κ1) is 11.0. The predicted octanol–water partition coefficient (Wildman–Crippen LogP) is 2.47. The number of hydrogen-bond acceptors (Lipinski definition) is 2. The van der Waals surface area contributed by atoms with Crippen LogP contribution in [0, 0.1) is 19.7 Å². The summed E-state index contributed by atoms with van der Waals surface area (Å²) in [5.74, 6) is 0.00620. The molecule has 0 saturated heterocycles. The van der Waals surface area contributed by atoms with Gasteiger partial charge in [0.15, 0.2) is 11.6 Å². The van der Waals surface area contributed by atoms with Crippen LogP contribution in [-0.2, 0) is 0 Å². The Morgan fingerprint density at radius 1 is 1.43 bits per heavy atom. The summed E-state index contributed by atoms with van der Waals surface area (Å²) in [7, 11) is 1.47. The largest absolute Gasteiger partial charge is 0.493 e. The third kappa shape index (κ3) is 1.73. The minimum absolute atomic E-state index is 0.108. The zero-order chi connectivity index (χ0) is 10.9. The van der Waals surface area contributed by atoms with Gasteiger partial charge in [0.2, 0.25) is 0 Å². The van der Waals surface area contributed by atoms with E-state index in [2.05, 4.69) is 0 Å². The van der Waals surface area contributed by atoms with Crippen molar-refractivity contribution in [1.29, 1.82) is 0 Å². The first-order valence-corrected chi connectivity index (χ1v) is 4.58. The molecule has 0 aliphatic rings. The summed E-state index contributed by atoms with van der Waals surface area (Å²) in [6.07, 6.45) is 0. The van der Waals surface area contributed by atoms with Crippen molar-refractivity contribution in [2.24, 2.45) is 5.73 Å². The Morgan fingerprint density at radius 2 is 2.00 bits per heavy atom. The summed E-state index contributed by atoms with van der Waals surface area (Å²) >= 11 is 0. The maximum Gasteiger partial charge on any atom is 0.168 e. The number of benzene rings is 1. The van der Waals surface area contributed by atoms with Crippen molar-refractivity contribution in [3.8, 4) is 5.75 Å². The lowest BCUT2D eigenvalue weighted by atomic mass is 9.99. The Kier molecular flexibility index (Phi) is 3.11. The maximum atomic E-state index is 13.5. The molecule has 1 rings (SSSR count). The van der Waals surface area contributed by atoms with Gasteiger partial charge in [0.1, 0.15) is 0 Å². The van der Waals surface area contributed by atoms with Crippen LogP contribution in [0.25, 0.3) is 0 Å². The van der Waals surface area contributed by atoms with Gasteiger partial charge < -0.3 is 10.5 Å². The molecule has 78 valence electrons. The molecule has 0 fully saturated rings. The van der Waals surface area contributed by atoms with E-state index in [1.807, 2.05) is 13.8 Å². The van der Waals surface area contributed by atoms with Gasteiger partial charge >= 0.3 is 0 Å². The fraction of sp³-hybridized carbons (Fsp3) is 0.455. The van der Waals surface area contributed by atoms with Gasteiger partial charge in [-0.05, 0) is 37.5 Å². The average Bonchev–Trinajstić information content (AvgIpc) is 2.12. The molecule has 3 heteroatoms. The highest BCUT2D eigenvalue weighted by Crippen LogP contribution is 2.30. The fourth-order valence-corrected chi connectivity index (χ4v) is 1.60. The van der Waals surface area contributed by atoms with E-state index in [1.165, 1.54) is 7.11 Å². The molecule has 14 heavy (non-hydrogen) atoms. The van der Waals surface area contributed by atoms with Crippen LogP contribution in [0.2, 0.25) is 0 Å². The fourth-order valence-electron chi connectivity index (χ4n) is 1.60. The number of nitrogens with two attached hydrogens (primary N) is 1. The molecule has 2 nitrogen and oxygen atoms in total. The van der Waals surface area contributed by atoms with Crippen molar-refractivity contribution in [3.05, 3.63) is 28.6 Å². The van der Waals surface area contributed by atoms with Crippen LogP contribution < -0.4 is 10.5 Å². The van der Waals surface area contributed by atoms with Crippen LogP contribution in [-0.4, -0.2) is 7.11 Å². The normalized spacial score (nSPS) is 12.7. The van der Waals surface area contributed by atoms with Gasteiger partial charge in [-0.15, -0.1) is 0 Å². The number of rotatable bonds is 2. The Labute approximate surface area is 83.9 Å². The highest BCUT2D eigenvalue weighted by molar-refractivity contribution is 5.45. The number of methoxy groups -OCH3 is 1. The van der Waals surface area contributed by atoms with Gasteiger partial charge in [-0.2, -0.15) is 0 Å². The molecule has 0 heterocycles. The second-order valence-electron chi connectivity index (χ2n) is 3.54. The molecule has 1 aromatic carbocycles. The average molecular weight is 197 g/mol. The van der Waals surface area contributed by atoms with Gasteiger partial charge in [-0.1, -0.05) is 6.07 Å². The van der Waals surface area contributed by atoms with Crippen molar-refractivity contribution in [1.82, 2.24) is 0 Å². The molecule has 1 unspecified atom stereocenters. The van der Waals surface area contributed by atoms with Crippen LogP contribution >= 0.6 is 0 Å². The summed E-state index contributed by atoms with van der Waals surface area (Å²) in [4.78, 5) is 0. The molecule has 0 aromatic heterocycles. The van der Waals surface area contributed by atoms with E-state index >= 15 is 0 Å². The standard InChI is InChI=1S/C11H16FNO/c1-6-5-9(8(3)13)7(2)11(14-4)10(6)12/h5,8H,13H2,1-4H3. The van der Waals surface area contributed by atoms with E-state index in [-0.39, 0.29) is 11.9 Å². The zero-order valence-corrected chi connectivity index (χ0v) is 9.02. The van der Waals surface area contributed by atoms with Crippen LogP contribution in [0.4, 0.5) is 4.39 Å². The van der Waals surface area contributed by atoms with Crippen molar-refractivity contribution >= 4 is 0 Å². The quantitative estimate of drug-likeness (QED) is 0.790. The number of ether oxygens (including phenoxy) is 1.